The molecule has 2 heterocycles. The number of nitrogens with zero attached hydrogens (tertiary/aromatic N) is 2. The number of hydrogen-bond donors (Lipinski definition) is 1. The number of rotatable bonds is 14. The summed E-state index contributed by atoms with van der Waals surface area (Å²) >= 11 is 0. The number of carbonyl (C=O) groups excluding carboxylic acids is 7. The van der Waals surface area contributed by atoms with E-state index in [0.29, 0.717) is 29.3 Å². The van der Waals surface area contributed by atoms with E-state index in [0.717, 1.165) is 6.42 Å². The van der Waals surface area contributed by atoms with Crippen molar-refractivity contribution < 1.29 is 62.6 Å². The lowest BCUT2D eigenvalue weighted by Gasteiger charge is -2.12. The maximum Gasteiger partial charge on any atom is 0.333 e. The van der Waals surface area contributed by atoms with Crippen LogP contribution in [-0.4, -0.2) is 82.6 Å². The summed E-state index contributed by atoms with van der Waals surface area (Å²) in [4.78, 5) is 97.5. The van der Waals surface area contributed by atoms with E-state index in [-0.39, 0.29) is 51.6 Å². The topological polar surface area (TPSA) is 200 Å². The van der Waals surface area contributed by atoms with E-state index >= 15 is 0 Å². The Hall–Kier alpha value is -3.88. The third kappa shape index (κ3) is 17.4. The summed E-state index contributed by atoms with van der Waals surface area (Å²) in [6.07, 6.45) is 1.09. The Balaban J connectivity index is 0.000000763. The zero-order chi connectivity index (χ0) is 31.4. The molecule has 2 saturated heterocycles. The van der Waals surface area contributed by atoms with Gasteiger partial charge in [0.2, 0.25) is 0 Å². The van der Waals surface area contributed by atoms with Crippen LogP contribution >= 0.6 is 0 Å². The molecule has 2 rings (SSSR count). The Morgan fingerprint density at radius 1 is 0.683 bits per heavy atom. The largest absolute Gasteiger partial charge is 0.481 e. The van der Waals surface area contributed by atoms with E-state index in [1.807, 2.05) is 0 Å². The summed E-state index contributed by atoms with van der Waals surface area (Å²) in [6.45, 7) is 9.46. The summed E-state index contributed by atoms with van der Waals surface area (Å²) in [7, 11) is 0. The van der Waals surface area contributed by atoms with Crippen molar-refractivity contribution in [1.29, 1.82) is 0 Å². The molecule has 0 radical (unpaired) electrons. The highest BCUT2D eigenvalue weighted by molar-refractivity contribution is 6.02. The number of esters is 1. The number of aliphatic carboxylic acids is 1. The van der Waals surface area contributed by atoms with Crippen molar-refractivity contribution in [1.82, 2.24) is 10.1 Å². The van der Waals surface area contributed by atoms with E-state index in [1.54, 1.807) is 0 Å². The highest BCUT2D eigenvalue weighted by Gasteiger charge is 2.33. The van der Waals surface area contributed by atoms with Crippen molar-refractivity contribution in [2.75, 3.05) is 19.8 Å². The molecule has 0 atom stereocenters. The van der Waals surface area contributed by atoms with Gasteiger partial charge in [0, 0.05) is 32.3 Å². The van der Waals surface area contributed by atoms with Crippen molar-refractivity contribution in [2.45, 2.75) is 91.9 Å². The molecule has 41 heavy (non-hydrogen) atoms. The van der Waals surface area contributed by atoms with Crippen LogP contribution in [0.5, 0.6) is 0 Å². The van der Waals surface area contributed by atoms with Gasteiger partial charge in [-0.2, -0.15) is 0 Å². The number of carboxylic acid groups (broad SMARTS) is 1. The maximum atomic E-state index is 11.5. The van der Waals surface area contributed by atoms with E-state index in [1.165, 1.54) is 6.42 Å². The molecule has 15 nitrogen and oxygen atoms in total. The van der Waals surface area contributed by atoms with Crippen molar-refractivity contribution in [2.24, 2.45) is 5.92 Å². The van der Waals surface area contributed by atoms with Crippen LogP contribution in [0.4, 0.5) is 0 Å². The lowest BCUT2D eigenvalue weighted by atomic mass is 10.1. The predicted octanol–water partition coefficient (Wildman–Crippen LogP) is 1.85. The fraction of sp³-hybridized carbons (Fsp3) is 0.692. The van der Waals surface area contributed by atoms with Gasteiger partial charge in [-0.15, -0.1) is 10.1 Å². The molecule has 0 aliphatic carbocycles. The Kier molecular flexibility index (Phi) is 19.0. The molecular weight excluding hydrogens is 548 g/mol. The average Bonchev–Trinajstić information content (AvgIpc) is 3.39. The molecule has 0 saturated carbocycles. The third-order valence-corrected chi connectivity index (χ3v) is 4.80. The summed E-state index contributed by atoms with van der Waals surface area (Å²) in [5, 5.41) is 9.12. The number of hydroxylamine groups is 4. The number of amides is 4. The number of carboxylic acids is 1. The van der Waals surface area contributed by atoms with E-state index in [4.69, 9.17) is 14.6 Å². The van der Waals surface area contributed by atoms with Gasteiger partial charge in [0.05, 0.1) is 32.3 Å². The summed E-state index contributed by atoms with van der Waals surface area (Å²) < 4.78 is 10.2. The monoisotopic (exact) mass is 588 g/mol. The van der Waals surface area contributed by atoms with Crippen molar-refractivity contribution >= 4 is 47.5 Å². The lowest BCUT2D eigenvalue weighted by molar-refractivity contribution is -0.197. The number of hydrogen-bond acceptors (Lipinski definition) is 12. The molecule has 0 aromatic heterocycles. The van der Waals surface area contributed by atoms with Crippen molar-refractivity contribution in [3.63, 3.8) is 0 Å². The van der Waals surface area contributed by atoms with Gasteiger partial charge in [-0.25, -0.2) is 9.59 Å². The first kappa shape index (κ1) is 37.1. The van der Waals surface area contributed by atoms with Crippen molar-refractivity contribution in [3.05, 3.63) is 0 Å². The third-order valence-electron chi connectivity index (χ3n) is 4.80. The Morgan fingerprint density at radius 3 is 1.46 bits per heavy atom. The molecule has 1 N–H and O–H groups in total. The van der Waals surface area contributed by atoms with Crippen molar-refractivity contribution in [3.8, 4) is 0 Å². The van der Waals surface area contributed by atoms with Crippen LogP contribution in [0.15, 0.2) is 0 Å². The molecule has 2 aliphatic heterocycles. The number of carbonyl (C=O) groups is 8. The summed E-state index contributed by atoms with van der Waals surface area (Å²) in [5.74, 6) is -5.14. The molecule has 0 aromatic carbocycles. The van der Waals surface area contributed by atoms with Gasteiger partial charge in [-0.1, -0.05) is 34.1 Å². The smallest absolute Gasteiger partial charge is 0.333 e. The second kappa shape index (κ2) is 20.9. The fourth-order valence-electron chi connectivity index (χ4n) is 2.73. The second-order valence-corrected chi connectivity index (χ2v) is 9.21. The van der Waals surface area contributed by atoms with Gasteiger partial charge >= 0.3 is 23.9 Å². The predicted molar refractivity (Wildman–Crippen MR) is 138 cm³/mol. The Morgan fingerprint density at radius 2 is 1.07 bits per heavy atom. The SMILES string of the molecule is CC(C)CCOCCOC(=O)CCC(=O)ON1C(=O)CCC1=O.CCC.O=C(O)CCC(=O)ON1C(=O)CCC1=O. The van der Waals surface area contributed by atoms with Crippen LogP contribution in [0, 0.1) is 5.92 Å². The van der Waals surface area contributed by atoms with E-state index in [9.17, 15) is 38.4 Å². The maximum absolute atomic E-state index is 11.5. The van der Waals surface area contributed by atoms with Crippen LogP contribution in [0.1, 0.15) is 91.9 Å². The average molecular weight is 589 g/mol. The van der Waals surface area contributed by atoms with Gasteiger partial charge in [0.1, 0.15) is 6.61 Å². The highest BCUT2D eigenvalue weighted by atomic mass is 16.7. The molecular formula is C26H40N2O13. The normalized spacial score (nSPS) is 14.3. The summed E-state index contributed by atoms with van der Waals surface area (Å²) in [5.41, 5.74) is 0. The Labute approximate surface area is 238 Å². The molecule has 4 amide bonds. The number of ether oxygens (including phenoxy) is 2. The van der Waals surface area contributed by atoms with E-state index in [2.05, 4.69) is 37.4 Å². The van der Waals surface area contributed by atoms with Crippen LogP contribution in [0.3, 0.4) is 0 Å². The van der Waals surface area contributed by atoms with Gasteiger partial charge in [0.15, 0.2) is 0 Å². The first-order valence-corrected chi connectivity index (χ1v) is 13.4. The molecule has 15 heteroatoms. The molecule has 2 fully saturated rings. The molecule has 232 valence electrons. The molecule has 0 aromatic rings. The minimum absolute atomic E-state index is 0.0189. The van der Waals surface area contributed by atoms with Crippen LogP contribution in [0.25, 0.3) is 0 Å². The summed E-state index contributed by atoms with van der Waals surface area (Å²) in [6, 6.07) is 0. The van der Waals surface area contributed by atoms with Gasteiger partial charge in [-0.05, 0) is 12.3 Å². The standard InChI is InChI=1S/C15H23NO7.C8H9NO6.C3H8/c1-11(2)7-8-21-9-10-22-14(19)5-6-15(20)23-16-12(17)3-4-13(16)18;10-5-1-2-6(11)9(5)15-8(14)4-3-7(12)13;1-3-2/h11H,3-10H2,1-2H3;1-4H2,(H,12,13);3H2,1-2H3. The molecule has 2 aliphatic rings. The zero-order valence-electron chi connectivity index (χ0n) is 24.0. The first-order valence-electron chi connectivity index (χ1n) is 13.4. The zero-order valence-corrected chi connectivity index (χ0v) is 24.0. The Bertz CT molecular complexity index is 900. The quantitative estimate of drug-likeness (QED) is 0.175. The minimum atomic E-state index is -1.15. The van der Waals surface area contributed by atoms with Gasteiger partial charge in [0.25, 0.3) is 23.6 Å². The molecule has 0 spiro atoms. The van der Waals surface area contributed by atoms with Crippen LogP contribution in [0.2, 0.25) is 0 Å². The van der Waals surface area contributed by atoms with Crippen LogP contribution in [-0.2, 0) is 57.5 Å². The number of imide groups is 2. The molecule has 0 unspecified atom stereocenters. The molecule has 0 bridgehead atoms. The highest BCUT2D eigenvalue weighted by Crippen LogP contribution is 2.14. The fourth-order valence-corrected chi connectivity index (χ4v) is 2.73. The van der Waals surface area contributed by atoms with E-state index < -0.39 is 53.9 Å². The van der Waals surface area contributed by atoms with Gasteiger partial charge < -0.3 is 24.3 Å². The minimum Gasteiger partial charge on any atom is -0.481 e. The lowest BCUT2D eigenvalue weighted by Crippen LogP contribution is -2.32. The van der Waals surface area contributed by atoms with Gasteiger partial charge in [-0.3, -0.25) is 28.8 Å². The first-order chi connectivity index (χ1) is 19.3. The second-order valence-electron chi connectivity index (χ2n) is 9.21. The van der Waals surface area contributed by atoms with Crippen LogP contribution < -0.4 is 0 Å².